The summed E-state index contributed by atoms with van der Waals surface area (Å²) in [6, 6.07) is 1.89. The van der Waals surface area contributed by atoms with E-state index in [0.29, 0.717) is 11.8 Å². The third-order valence-corrected chi connectivity index (χ3v) is 2.84. The van der Waals surface area contributed by atoms with Gasteiger partial charge in [0.1, 0.15) is 0 Å². The molecule has 4 nitrogen and oxygen atoms in total. The Hall–Kier alpha value is -1.32. The molecule has 2 rings (SSSR count). The minimum Gasteiger partial charge on any atom is -0.478 e. The lowest BCUT2D eigenvalue weighted by atomic mass is 10.3. The Morgan fingerprint density at radius 2 is 2.24 bits per heavy atom. The van der Waals surface area contributed by atoms with E-state index >= 15 is 0 Å². The van der Waals surface area contributed by atoms with Crippen molar-refractivity contribution in [2.45, 2.75) is 39.5 Å². The molecule has 0 spiro atoms. The molecule has 1 fully saturated rings. The fourth-order valence-electron chi connectivity index (χ4n) is 1.67. The zero-order valence-electron chi connectivity index (χ0n) is 10.7. The Balaban J connectivity index is 1.87. The van der Waals surface area contributed by atoms with Crippen LogP contribution in [-0.4, -0.2) is 23.1 Å². The molecule has 0 bridgehead atoms. The summed E-state index contributed by atoms with van der Waals surface area (Å²) in [5.74, 6) is 2.26. The third-order valence-electron chi connectivity index (χ3n) is 2.84. The van der Waals surface area contributed by atoms with Gasteiger partial charge in [-0.2, -0.15) is 4.98 Å². The summed E-state index contributed by atoms with van der Waals surface area (Å²) >= 11 is 0. The van der Waals surface area contributed by atoms with Crippen molar-refractivity contribution in [3.63, 3.8) is 0 Å². The van der Waals surface area contributed by atoms with Crippen molar-refractivity contribution in [3.8, 4) is 5.88 Å². The third kappa shape index (κ3) is 4.21. The number of hydrogen-bond donors (Lipinski definition) is 1. The van der Waals surface area contributed by atoms with E-state index in [2.05, 4.69) is 22.2 Å². The van der Waals surface area contributed by atoms with Gasteiger partial charge < -0.3 is 10.1 Å². The largest absolute Gasteiger partial charge is 0.478 e. The van der Waals surface area contributed by atoms with E-state index in [-0.39, 0.29) is 0 Å². The molecular formula is C13H21N3O. The van der Waals surface area contributed by atoms with E-state index in [9.17, 15) is 0 Å². The molecule has 4 heteroatoms. The minimum absolute atomic E-state index is 0.674. The summed E-state index contributed by atoms with van der Waals surface area (Å²) in [5, 5.41) is 3.18. The highest BCUT2D eigenvalue weighted by atomic mass is 16.5. The number of nitrogens with zero attached hydrogens (tertiary/aromatic N) is 2. The molecule has 0 unspecified atom stereocenters. The Labute approximate surface area is 103 Å². The first kappa shape index (κ1) is 12.1. The van der Waals surface area contributed by atoms with Crippen molar-refractivity contribution in [1.29, 1.82) is 0 Å². The van der Waals surface area contributed by atoms with Crippen LogP contribution < -0.4 is 10.1 Å². The van der Waals surface area contributed by atoms with E-state index in [4.69, 9.17) is 4.74 Å². The summed E-state index contributed by atoms with van der Waals surface area (Å²) in [4.78, 5) is 8.67. The molecule has 1 saturated carbocycles. The molecule has 1 aliphatic carbocycles. The standard InChI is InChI=1S/C13H21N3O/c1-3-7-14-13-15-10(2)9-12(16-13)17-8-6-11-4-5-11/h9,11H,3-8H2,1-2H3,(H,14,15,16). The highest BCUT2D eigenvalue weighted by Gasteiger charge is 2.20. The van der Waals surface area contributed by atoms with Crippen LogP contribution in [0.25, 0.3) is 0 Å². The number of hydrogen-bond acceptors (Lipinski definition) is 4. The first-order valence-electron chi connectivity index (χ1n) is 6.50. The maximum atomic E-state index is 5.67. The van der Waals surface area contributed by atoms with Crippen LogP contribution in [0.2, 0.25) is 0 Å². The number of ether oxygens (including phenoxy) is 1. The number of nitrogens with one attached hydrogen (secondary N) is 1. The Morgan fingerprint density at radius 1 is 1.41 bits per heavy atom. The van der Waals surface area contributed by atoms with Crippen LogP contribution in [-0.2, 0) is 0 Å². The molecular weight excluding hydrogens is 214 g/mol. The highest BCUT2D eigenvalue weighted by molar-refractivity contribution is 5.30. The van der Waals surface area contributed by atoms with Crippen LogP contribution in [0.15, 0.2) is 6.07 Å². The molecule has 1 aliphatic rings. The van der Waals surface area contributed by atoms with Crippen molar-refractivity contribution in [2.24, 2.45) is 5.92 Å². The molecule has 0 saturated heterocycles. The first-order chi connectivity index (χ1) is 8.28. The van der Waals surface area contributed by atoms with Gasteiger partial charge in [-0.1, -0.05) is 19.8 Å². The van der Waals surface area contributed by atoms with Crippen molar-refractivity contribution < 1.29 is 4.74 Å². The number of aryl methyl sites for hydroxylation is 1. The second kappa shape index (κ2) is 5.84. The Kier molecular flexibility index (Phi) is 4.18. The summed E-state index contributed by atoms with van der Waals surface area (Å²) in [6.07, 6.45) is 4.96. The molecule has 0 aromatic carbocycles. The second-order valence-electron chi connectivity index (χ2n) is 4.68. The second-order valence-corrected chi connectivity index (χ2v) is 4.68. The maximum absolute atomic E-state index is 5.67. The van der Waals surface area contributed by atoms with Gasteiger partial charge in [-0.25, -0.2) is 4.98 Å². The maximum Gasteiger partial charge on any atom is 0.226 e. The average Bonchev–Trinajstić information content (AvgIpc) is 3.10. The minimum atomic E-state index is 0.674. The molecule has 0 atom stereocenters. The van der Waals surface area contributed by atoms with Crippen LogP contribution in [0.3, 0.4) is 0 Å². The molecule has 17 heavy (non-hydrogen) atoms. The SMILES string of the molecule is CCCNc1nc(C)cc(OCCC2CC2)n1. The van der Waals surface area contributed by atoms with Gasteiger partial charge in [0.15, 0.2) is 0 Å². The van der Waals surface area contributed by atoms with Crippen molar-refractivity contribution in [2.75, 3.05) is 18.5 Å². The van der Waals surface area contributed by atoms with Gasteiger partial charge in [-0.15, -0.1) is 0 Å². The van der Waals surface area contributed by atoms with Crippen molar-refractivity contribution >= 4 is 5.95 Å². The molecule has 1 aromatic heterocycles. The Morgan fingerprint density at radius 3 is 2.94 bits per heavy atom. The normalized spacial score (nSPS) is 14.7. The quantitative estimate of drug-likeness (QED) is 0.789. The average molecular weight is 235 g/mol. The predicted molar refractivity (Wildman–Crippen MR) is 68.4 cm³/mol. The lowest BCUT2D eigenvalue weighted by molar-refractivity contribution is 0.291. The van der Waals surface area contributed by atoms with Gasteiger partial charge in [0, 0.05) is 18.3 Å². The van der Waals surface area contributed by atoms with Gasteiger partial charge in [0.25, 0.3) is 0 Å². The van der Waals surface area contributed by atoms with Crippen LogP contribution in [0, 0.1) is 12.8 Å². The van der Waals surface area contributed by atoms with Crippen molar-refractivity contribution in [1.82, 2.24) is 9.97 Å². The molecule has 1 heterocycles. The Bertz CT molecular complexity index is 364. The fourth-order valence-corrected chi connectivity index (χ4v) is 1.67. The zero-order valence-corrected chi connectivity index (χ0v) is 10.7. The van der Waals surface area contributed by atoms with Crippen molar-refractivity contribution in [3.05, 3.63) is 11.8 Å². The van der Waals surface area contributed by atoms with Crippen LogP contribution in [0.5, 0.6) is 5.88 Å². The topological polar surface area (TPSA) is 47.0 Å². The number of aromatic nitrogens is 2. The van der Waals surface area contributed by atoms with E-state index in [1.165, 1.54) is 12.8 Å². The highest BCUT2D eigenvalue weighted by Crippen LogP contribution is 2.32. The van der Waals surface area contributed by atoms with Gasteiger partial charge >= 0.3 is 0 Å². The first-order valence-corrected chi connectivity index (χ1v) is 6.50. The van der Waals surface area contributed by atoms with Crippen LogP contribution in [0.4, 0.5) is 5.95 Å². The van der Waals surface area contributed by atoms with Gasteiger partial charge in [0.2, 0.25) is 11.8 Å². The zero-order chi connectivity index (χ0) is 12.1. The summed E-state index contributed by atoms with van der Waals surface area (Å²) in [5.41, 5.74) is 0.944. The monoisotopic (exact) mass is 235 g/mol. The molecule has 1 N–H and O–H groups in total. The summed E-state index contributed by atoms with van der Waals surface area (Å²) in [6.45, 7) is 5.75. The molecule has 0 amide bonds. The fraction of sp³-hybridized carbons (Fsp3) is 0.692. The summed E-state index contributed by atoms with van der Waals surface area (Å²) < 4.78 is 5.67. The van der Waals surface area contributed by atoms with Gasteiger partial charge in [0.05, 0.1) is 6.61 Å². The lowest BCUT2D eigenvalue weighted by Crippen LogP contribution is -2.07. The van der Waals surface area contributed by atoms with E-state index < -0.39 is 0 Å². The van der Waals surface area contributed by atoms with E-state index in [0.717, 1.165) is 37.6 Å². The molecule has 0 aliphatic heterocycles. The molecule has 1 aromatic rings. The van der Waals surface area contributed by atoms with E-state index in [1.54, 1.807) is 0 Å². The van der Waals surface area contributed by atoms with Gasteiger partial charge in [-0.05, 0) is 25.7 Å². The smallest absolute Gasteiger partial charge is 0.226 e. The van der Waals surface area contributed by atoms with Gasteiger partial charge in [-0.3, -0.25) is 0 Å². The lowest BCUT2D eigenvalue weighted by Gasteiger charge is -2.08. The molecule has 0 radical (unpaired) electrons. The van der Waals surface area contributed by atoms with E-state index in [1.807, 2.05) is 13.0 Å². The number of rotatable bonds is 7. The van der Waals surface area contributed by atoms with Crippen LogP contribution >= 0.6 is 0 Å². The number of anilines is 1. The van der Waals surface area contributed by atoms with Crippen LogP contribution in [0.1, 0.15) is 38.3 Å². The predicted octanol–water partition coefficient (Wildman–Crippen LogP) is 2.79. The molecule has 94 valence electrons. The summed E-state index contributed by atoms with van der Waals surface area (Å²) in [7, 11) is 0.